The molecule has 1 aromatic rings. The van der Waals surface area contributed by atoms with Crippen LogP contribution < -0.4 is 10.1 Å². The molecule has 0 bridgehead atoms. The van der Waals surface area contributed by atoms with E-state index < -0.39 is 0 Å². The van der Waals surface area contributed by atoms with Crippen molar-refractivity contribution < 1.29 is 4.74 Å². The summed E-state index contributed by atoms with van der Waals surface area (Å²) in [6, 6.07) is 8.80. The van der Waals surface area contributed by atoms with E-state index in [0.717, 1.165) is 12.3 Å². The van der Waals surface area contributed by atoms with Gasteiger partial charge < -0.3 is 10.1 Å². The third-order valence-corrected chi connectivity index (χ3v) is 2.48. The number of nitrogens with one attached hydrogen (secondary N) is 1. The molecule has 0 radical (unpaired) electrons. The van der Waals surface area contributed by atoms with Crippen LogP contribution in [0.15, 0.2) is 24.3 Å². The zero-order valence-electron chi connectivity index (χ0n) is 9.19. The highest BCUT2D eigenvalue weighted by atomic mass is 35.5. The summed E-state index contributed by atoms with van der Waals surface area (Å²) < 4.78 is 5.76. The van der Waals surface area contributed by atoms with Crippen molar-refractivity contribution in [2.45, 2.75) is 32.4 Å². The molecule has 3 heteroatoms. The van der Waals surface area contributed by atoms with E-state index in [4.69, 9.17) is 4.74 Å². The summed E-state index contributed by atoms with van der Waals surface area (Å²) in [5.74, 6) is 1.03. The number of para-hydroxylation sites is 1. The Morgan fingerprint density at radius 3 is 2.53 bits per heavy atom. The lowest BCUT2D eigenvalue weighted by molar-refractivity contribution is 0.233. The van der Waals surface area contributed by atoms with Crippen molar-refractivity contribution in [2.24, 2.45) is 0 Å². The van der Waals surface area contributed by atoms with Crippen LogP contribution in [0.2, 0.25) is 0 Å². The van der Waals surface area contributed by atoms with Crippen molar-refractivity contribution in [2.75, 3.05) is 6.54 Å². The van der Waals surface area contributed by atoms with Crippen LogP contribution in [0.4, 0.5) is 0 Å². The molecule has 1 heterocycles. The fourth-order valence-electron chi connectivity index (χ4n) is 1.68. The Morgan fingerprint density at radius 1 is 1.33 bits per heavy atom. The SMILES string of the molecule is CC(C)Oc1ccccc1[C@H]1CCN1.Cl. The zero-order valence-corrected chi connectivity index (χ0v) is 10.0. The van der Waals surface area contributed by atoms with Gasteiger partial charge in [-0.15, -0.1) is 12.4 Å². The predicted molar refractivity (Wildman–Crippen MR) is 64.8 cm³/mol. The summed E-state index contributed by atoms with van der Waals surface area (Å²) in [4.78, 5) is 0. The van der Waals surface area contributed by atoms with Gasteiger partial charge >= 0.3 is 0 Å². The molecule has 1 atom stereocenters. The second kappa shape index (κ2) is 5.38. The summed E-state index contributed by atoms with van der Waals surface area (Å²) in [6.45, 7) is 5.25. The summed E-state index contributed by atoms with van der Waals surface area (Å²) >= 11 is 0. The van der Waals surface area contributed by atoms with Crippen molar-refractivity contribution in [1.29, 1.82) is 0 Å². The molecule has 0 saturated carbocycles. The second-order valence-corrected chi connectivity index (χ2v) is 4.00. The van der Waals surface area contributed by atoms with Gasteiger partial charge in [0.05, 0.1) is 6.10 Å². The number of ether oxygens (including phenoxy) is 1. The van der Waals surface area contributed by atoms with E-state index >= 15 is 0 Å². The first-order valence-corrected chi connectivity index (χ1v) is 5.26. The lowest BCUT2D eigenvalue weighted by Crippen LogP contribution is -2.35. The van der Waals surface area contributed by atoms with Crippen LogP contribution in [-0.2, 0) is 0 Å². The summed E-state index contributed by atoms with van der Waals surface area (Å²) in [7, 11) is 0. The number of hydrogen-bond acceptors (Lipinski definition) is 2. The number of rotatable bonds is 3. The molecule has 1 aromatic carbocycles. The average molecular weight is 228 g/mol. The quantitative estimate of drug-likeness (QED) is 0.858. The Hall–Kier alpha value is -0.730. The predicted octanol–water partition coefficient (Wildman–Crippen LogP) is 2.93. The van der Waals surface area contributed by atoms with Crippen LogP contribution in [0.5, 0.6) is 5.75 Å². The molecule has 1 N–H and O–H groups in total. The third kappa shape index (κ3) is 2.86. The van der Waals surface area contributed by atoms with E-state index in [0.29, 0.717) is 6.04 Å². The molecule has 2 rings (SSSR count). The Bertz CT molecular complexity index is 310. The van der Waals surface area contributed by atoms with Gasteiger partial charge in [-0.25, -0.2) is 0 Å². The van der Waals surface area contributed by atoms with Crippen molar-refractivity contribution in [3.63, 3.8) is 0 Å². The van der Waals surface area contributed by atoms with E-state index in [1.807, 2.05) is 6.07 Å². The Morgan fingerprint density at radius 2 is 2.00 bits per heavy atom. The minimum Gasteiger partial charge on any atom is -0.491 e. The Labute approximate surface area is 97.4 Å². The fraction of sp³-hybridized carbons (Fsp3) is 0.500. The third-order valence-electron chi connectivity index (χ3n) is 2.48. The minimum atomic E-state index is 0. The molecule has 1 fully saturated rings. The van der Waals surface area contributed by atoms with Crippen LogP contribution in [0.3, 0.4) is 0 Å². The average Bonchev–Trinajstić information content (AvgIpc) is 2.04. The molecule has 1 aliphatic rings. The number of benzene rings is 1. The molecular formula is C12H18ClNO. The molecule has 0 aliphatic carbocycles. The van der Waals surface area contributed by atoms with Gasteiger partial charge in [-0.3, -0.25) is 0 Å². The molecule has 1 aliphatic heterocycles. The molecule has 0 unspecified atom stereocenters. The van der Waals surface area contributed by atoms with Gasteiger partial charge in [0.2, 0.25) is 0 Å². The highest BCUT2D eigenvalue weighted by molar-refractivity contribution is 5.85. The zero-order chi connectivity index (χ0) is 9.97. The van der Waals surface area contributed by atoms with Crippen LogP contribution >= 0.6 is 12.4 Å². The summed E-state index contributed by atoms with van der Waals surface area (Å²) in [5, 5.41) is 3.40. The van der Waals surface area contributed by atoms with Gasteiger partial charge in [-0.05, 0) is 32.9 Å². The van der Waals surface area contributed by atoms with E-state index in [1.165, 1.54) is 12.0 Å². The van der Waals surface area contributed by atoms with Crippen molar-refractivity contribution >= 4 is 12.4 Å². The molecule has 0 aromatic heterocycles. The largest absolute Gasteiger partial charge is 0.491 e. The molecule has 15 heavy (non-hydrogen) atoms. The maximum Gasteiger partial charge on any atom is 0.124 e. The van der Waals surface area contributed by atoms with Crippen molar-refractivity contribution in [3.05, 3.63) is 29.8 Å². The van der Waals surface area contributed by atoms with Gasteiger partial charge in [0, 0.05) is 11.6 Å². The Kier molecular flexibility index (Phi) is 4.43. The molecule has 1 saturated heterocycles. The molecule has 2 nitrogen and oxygen atoms in total. The van der Waals surface area contributed by atoms with Crippen molar-refractivity contribution in [1.82, 2.24) is 5.32 Å². The van der Waals surface area contributed by atoms with E-state index in [2.05, 4.69) is 37.4 Å². The topological polar surface area (TPSA) is 21.3 Å². The van der Waals surface area contributed by atoms with Crippen LogP contribution in [0.1, 0.15) is 31.9 Å². The molecule has 0 amide bonds. The normalized spacial score (nSPS) is 19.3. The first kappa shape index (κ1) is 12.3. The lowest BCUT2D eigenvalue weighted by atomic mass is 9.97. The summed E-state index contributed by atoms with van der Waals surface area (Å²) in [6.07, 6.45) is 1.47. The first-order valence-electron chi connectivity index (χ1n) is 5.26. The molecule has 84 valence electrons. The van der Waals surface area contributed by atoms with Gasteiger partial charge in [0.15, 0.2) is 0 Å². The smallest absolute Gasteiger partial charge is 0.124 e. The van der Waals surface area contributed by atoms with Crippen LogP contribution in [0, 0.1) is 0 Å². The minimum absolute atomic E-state index is 0. The maximum absolute atomic E-state index is 5.76. The first-order chi connectivity index (χ1) is 6.77. The maximum atomic E-state index is 5.76. The standard InChI is InChI=1S/C12H17NO.ClH/c1-9(2)14-12-6-4-3-5-10(12)11-7-8-13-11;/h3-6,9,11,13H,7-8H2,1-2H3;1H/t11-;/m1./s1. The fourth-order valence-corrected chi connectivity index (χ4v) is 1.68. The van der Waals surface area contributed by atoms with Crippen molar-refractivity contribution in [3.8, 4) is 5.75 Å². The number of halogens is 1. The highest BCUT2D eigenvalue weighted by Gasteiger charge is 2.21. The summed E-state index contributed by atoms with van der Waals surface area (Å²) in [5.41, 5.74) is 1.30. The van der Waals surface area contributed by atoms with Crippen LogP contribution in [-0.4, -0.2) is 12.6 Å². The van der Waals surface area contributed by atoms with Gasteiger partial charge in [-0.1, -0.05) is 18.2 Å². The van der Waals surface area contributed by atoms with Gasteiger partial charge in [-0.2, -0.15) is 0 Å². The second-order valence-electron chi connectivity index (χ2n) is 4.00. The van der Waals surface area contributed by atoms with Crippen LogP contribution in [0.25, 0.3) is 0 Å². The monoisotopic (exact) mass is 227 g/mol. The van der Waals surface area contributed by atoms with E-state index in [-0.39, 0.29) is 18.5 Å². The molecular weight excluding hydrogens is 210 g/mol. The highest BCUT2D eigenvalue weighted by Crippen LogP contribution is 2.31. The molecule has 0 spiro atoms. The Balaban J connectivity index is 0.00000112. The van der Waals surface area contributed by atoms with E-state index in [1.54, 1.807) is 0 Å². The van der Waals surface area contributed by atoms with E-state index in [9.17, 15) is 0 Å². The number of hydrogen-bond donors (Lipinski definition) is 1. The van der Waals surface area contributed by atoms with Gasteiger partial charge in [0.1, 0.15) is 5.75 Å². The lowest BCUT2D eigenvalue weighted by Gasteiger charge is -2.29. The van der Waals surface area contributed by atoms with Gasteiger partial charge in [0.25, 0.3) is 0 Å².